The molecular formula is C7H14O4P+. The standard InChI is InChI=1S/C7H14O4P/c1-3-5-7(8)11-12(9)6-10-4-2/h3-6H2,1-2H3/q+1. The highest BCUT2D eigenvalue weighted by Crippen LogP contribution is 2.22. The van der Waals surface area contributed by atoms with Crippen molar-refractivity contribution in [1.29, 1.82) is 0 Å². The molecule has 70 valence electrons. The van der Waals surface area contributed by atoms with E-state index < -0.39 is 14.0 Å². The fraction of sp³-hybridized carbons (Fsp3) is 0.857. The van der Waals surface area contributed by atoms with E-state index in [2.05, 4.69) is 4.52 Å². The topological polar surface area (TPSA) is 52.6 Å². The third kappa shape index (κ3) is 6.25. The van der Waals surface area contributed by atoms with Crippen molar-refractivity contribution < 1.29 is 18.6 Å². The molecule has 0 amide bonds. The zero-order chi connectivity index (χ0) is 9.40. The molecule has 0 saturated carbocycles. The molecule has 0 aromatic carbocycles. The van der Waals surface area contributed by atoms with Crippen LogP contribution < -0.4 is 0 Å². The molecule has 5 heteroatoms. The number of hydrogen-bond donors (Lipinski definition) is 0. The number of rotatable bonds is 6. The van der Waals surface area contributed by atoms with Crippen molar-refractivity contribution >= 4 is 14.0 Å². The minimum absolute atomic E-state index is 0.00128. The smallest absolute Gasteiger partial charge is 0.335 e. The first kappa shape index (κ1) is 11.5. The average molecular weight is 193 g/mol. The third-order valence-corrected chi connectivity index (χ3v) is 1.86. The molecule has 0 spiro atoms. The van der Waals surface area contributed by atoms with Crippen LogP contribution in [0.15, 0.2) is 0 Å². The van der Waals surface area contributed by atoms with Gasteiger partial charge in [-0.1, -0.05) is 6.92 Å². The fourth-order valence-corrected chi connectivity index (χ4v) is 1.26. The van der Waals surface area contributed by atoms with Gasteiger partial charge in [0.05, 0.1) is 6.42 Å². The highest BCUT2D eigenvalue weighted by Gasteiger charge is 2.22. The van der Waals surface area contributed by atoms with Gasteiger partial charge in [-0.3, -0.25) is 0 Å². The fourth-order valence-electron chi connectivity index (χ4n) is 0.556. The highest BCUT2D eigenvalue weighted by molar-refractivity contribution is 7.39. The van der Waals surface area contributed by atoms with Crippen LogP contribution in [0.1, 0.15) is 26.7 Å². The lowest BCUT2D eigenvalue weighted by atomic mass is 10.4. The predicted molar refractivity (Wildman–Crippen MR) is 45.1 cm³/mol. The Hall–Kier alpha value is -0.470. The van der Waals surface area contributed by atoms with Crippen LogP contribution in [0.4, 0.5) is 0 Å². The van der Waals surface area contributed by atoms with Gasteiger partial charge in [0.2, 0.25) is 0 Å². The van der Waals surface area contributed by atoms with E-state index in [1.165, 1.54) is 0 Å². The Morgan fingerprint density at radius 3 is 2.58 bits per heavy atom. The normalized spacial score (nSPS) is 11.0. The van der Waals surface area contributed by atoms with Crippen LogP contribution in [0, 0.1) is 0 Å². The lowest BCUT2D eigenvalue weighted by molar-refractivity contribution is -0.134. The van der Waals surface area contributed by atoms with Crippen LogP contribution >= 0.6 is 8.03 Å². The summed E-state index contributed by atoms with van der Waals surface area (Å²) < 4.78 is 20.2. The zero-order valence-electron chi connectivity index (χ0n) is 7.41. The monoisotopic (exact) mass is 193 g/mol. The predicted octanol–water partition coefficient (Wildman–Crippen LogP) is 2.07. The molecule has 0 fully saturated rings. The number of carbonyl (C=O) groups is 1. The van der Waals surface area contributed by atoms with Gasteiger partial charge in [0.25, 0.3) is 6.35 Å². The minimum atomic E-state index is -1.96. The van der Waals surface area contributed by atoms with E-state index in [9.17, 15) is 9.36 Å². The van der Waals surface area contributed by atoms with Crippen molar-refractivity contribution in [2.75, 3.05) is 13.0 Å². The van der Waals surface area contributed by atoms with Gasteiger partial charge in [0, 0.05) is 6.61 Å². The maximum Gasteiger partial charge on any atom is 0.588 e. The van der Waals surface area contributed by atoms with E-state index in [1.807, 2.05) is 6.92 Å². The summed E-state index contributed by atoms with van der Waals surface area (Å²) in [4.78, 5) is 10.8. The highest BCUT2D eigenvalue weighted by atomic mass is 31.1. The van der Waals surface area contributed by atoms with Crippen molar-refractivity contribution in [3.05, 3.63) is 0 Å². The summed E-state index contributed by atoms with van der Waals surface area (Å²) in [7, 11) is -1.96. The largest absolute Gasteiger partial charge is 0.588 e. The Morgan fingerprint density at radius 1 is 1.42 bits per heavy atom. The Bertz CT molecular complexity index is 157. The van der Waals surface area contributed by atoms with Crippen LogP contribution in [0.25, 0.3) is 0 Å². The van der Waals surface area contributed by atoms with Gasteiger partial charge in [0.1, 0.15) is 0 Å². The summed E-state index contributed by atoms with van der Waals surface area (Å²) in [6.45, 7) is 4.13. The Labute approximate surface area is 73.1 Å². The summed E-state index contributed by atoms with van der Waals surface area (Å²) in [6, 6.07) is 0. The van der Waals surface area contributed by atoms with Crippen molar-refractivity contribution in [2.24, 2.45) is 0 Å². The second kappa shape index (κ2) is 7.19. The quantitative estimate of drug-likeness (QED) is 0.606. The van der Waals surface area contributed by atoms with Gasteiger partial charge >= 0.3 is 14.0 Å². The molecule has 1 unspecified atom stereocenters. The molecule has 0 rings (SSSR count). The molecule has 0 aliphatic carbocycles. The van der Waals surface area contributed by atoms with Crippen LogP contribution in [-0.4, -0.2) is 18.9 Å². The van der Waals surface area contributed by atoms with Gasteiger partial charge in [-0.15, -0.1) is 0 Å². The van der Waals surface area contributed by atoms with Crippen LogP contribution in [0.5, 0.6) is 0 Å². The molecular weight excluding hydrogens is 179 g/mol. The number of ether oxygens (including phenoxy) is 1. The molecule has 0 heterocycles. The number of carbonyl (C=O) groups excluding carboxylic acids is 1. The second-order valence-electron chi connectivity index (χ2n) is 2.17. The van der Waals surface area contributed by atoms with E-state index in [0.717, 1.165) is 0 Å². The average Bonchev–Trinajstić information content (AvgIpc) is 2.01. The first-order valence-corrected chi connectivity index (χ1v) is 5.30. The van der Waals surface area contributed by atoms with Crippen molar-refractivity contribution in [1.82, 2.24) is 0 Å². The molecule has 1 atom stereocenters. The molecule has 0 N–H and O–H groups in total. The molecule has 0 aliphatic rings. The third-order valence-electron chi connectivity index (χ3n) is 1.06. The molecule has 0 radical (unpaired) electrons. The summed E-state index contributed by atoms with van der Waals surface area (Å²) in [5.41, 5.74) is 0. The Morgan fingerprint density at radius 2 is 2.08 bits per heavy atom. The molecule has 0 aromatic rings. The molecule has 4 nitrogen and oxygen atoms in total. The van der Waals surface area contributed by atoms with Crippen LogP contribution in [0.3, 0.4) is 0 Å². The lowest BCUT2D eigenvalue weighted by Crippen LogP contribution is -1.99. The van der Waals surface area contributed by atoms with Crippen LogP contribution in [0.2, 0.25) is 0 Å². The molecule has 0 aliphatic heterocycles. The van der Waals surface area contributed by atoms with Gasteiger partial charge in [-0.2, -0.15) is 0 Å². The molecule has 12 heavy (non-hydrogen) atoms. The van der Waals surface area contributed by atoms with E-state index >= 15 is 0 Å². The summed E-state index contributed by atoms with van der Waals surface area (Å²) >= 11 is 0. The minimum Gasteiger partial charge on any atom is -0.335 e. The van der Waals surface area contributed by atoms with Gasteiger partial charge in [0.15, 0.2) is 0 Å². The van der Waals surface area contributed by atoms with Crippen molar-refractivity contribution in [2.45, 2.75) is 26.7 Å². The molecule has 0 aromatic heterocycles. The van der Waals surface area contributed by atoms with Crippen molar-refractivity contribution in [3.8, 4) is 0 Å². The van der Waals surface area contributed by atoms with Crippen molar-refractivity contribution in [3.63, 3.8) is 0 Å². The molecule has 0 saturated heterocycles. The van der Waals surface area contributed by atoms with E-state index in [1.54, 1.807) is 6.92 Å². The first-order chi connectivity index (χ1) is 5.70. The molecule has 0 bridgehead atoms. The SMILES string of the molecule is CCCC(=O)O[P+](=O)COCC. The van der Waals surface area contributed by atoms with Gasteiger partial charge in [-0.25, -0.2) is 9.32 Å². The van der Waals surface area contributed by atoms with Gasteiger partial charge in [-0.05, 0) is 17.9 Å². The zero-order valence-corrected chi connectivity index (χ0v) is 8.30. The Balaban J connectivity index is 3.47. The van der Waals surface area contributed by atoms with Crippen LogP contribution in [-0.2, 0) is 18.6 Å². The number of hydrogen-bond acceptors (Lipinski definition) is 4. The van der Waals surface area contributed by atoms with E-state index in [0.29, 0.717) is 19.4 Å². The van der Waals surface area contributed by atoms with E-state index in [4.69, 9.17) is 4.74 Å². The van der Waals surface area contributed by atoms with E-state index in [-0.39, 0.29) is 6.35 Å². The summed E-state index contributed by atoms with van der Waals surface area (Å²) in [5.74, 6) is -0.418. The maximum absolute atomic E-state index is 10.9. The Kier molecular flexibility index (Phi) is 6.91. The lowest BCUT2D eigenvalue weighted by Gasteiger charge is -1.90. The summed E-state index contributed by atoms with van der Waals surface area (Å²) in [6.07, 6.45) is 1.02. The summed E-state index contributed by atoms with van der Waals surface area (Å²) in [5, 5.41) is 0. The van der Waals surface area contributed by atoms with Gasteiger partial charge < -0.3 is 4.74 Å². The second-order valence-corrected chi connectivity index (χ2v) is 3.27. The maximum atomic E-state index is 10.9. The first-order valence-electron chi connectivity index (χ1n) is 3.93.